The minimum Gasteiger partial charge on any atom is -0.475 e. The molecule has 0 bridgehead atoms. The van der Waals surface area contributed by atoms with Crippen LogP contribution in [0.5, 0.6) is 5.75 Å². The van der Waals surface area contributed by atoms with Crippen molar-refractivity contribution in [2.24, 2.45) is 0 Å². The van der Waals surface area contributed by atoms with Gasteiger partial charge < -0.3 is 9.47 Å². The molecule has 0 aliphatic carbocycles. The molecular formula is C17H21NO2S. The van der Waals surface area contributed by atoms with Crippen molar-refractivity contribution in [3.63, 3.8) is 0 Å². The Morgan fingerprint density at radius 2 is 2.05 bits per heavy atom. The van der Waals surface area contributed by atoms with E-state index < -0.39 is 0 Å². The predicted octanol–water partition coefficient (Wildman–Crippen LogP) is 3.76. The Bertz CT molecular complexity index is 529. The van der Waals surface area contributed by atoms with Gasteiger partial charge in [0.15, 0.2) is 6.23 Å². The Kier molecular flexibility index (Phi) is 4.91. The minimum absolute atomic E-state index is 0.116. The molecule has 0 radical (unpaired) electrons. The van der Waals surface area contributed by atoms with Crippen LogP contribution in [0.4, 0.5) is 0 Å². The summed E-state index contributed by atoms with van der Waals surface area (Å²) in [6.45, 7) is 4.80. The second-order valence-corrected chi connectivity index (χ2v) is 6.25. The molecule has 2 heterocycles. The summed E-state index contributed by atoms with van der Waals surface area (Å²) in [5.41, 5.74) is 0. The number of nitrogens with zero attached hydrogens (tertiary/aromatic N) is 1. The quantitative estimate of drug-likeness (QED) is 0.811. The third-order valence-electron chi connectivity index (χ3n) is 3.77. The first-order valence-corrected chi connectivity index (χ1v) is 8.33. The van der Waals surface area contributed by atoms with Gasteiger partial charge in [-0.25, -0.2) is 0 Å². The highest BCUT2D eigenvalue weighted by Gasteiger charge is 2.33. The zero-order chi connectivity index (χ0) is 14.5. The van der Waals surface area contributed by atoms with Gasteiger partial charge in [-0.3, -0.25) is 4.90 Å². The molecule has 1 aromatic heterocycles. The molecule has 1 aromatic carbocycles. The van der Waals surface area contributed by atoms with Crippen molar-refractivity contribution in [3.8, 4) is 5.75 Å². The normalized spacial score (nSPS) is 22.5. The Morgan fingerprint density at radius 1 is 1.19 bits per heavy atom. The Morgan fingerprint density at radius 3 is 2.76 bits per heavy atom. The highest BCUT2D eigenvalue weighted by molar-refractivity contribution is 7.09. The fourth-order valence-electron chi connectivity index (χ4n) is 2.65. The first-order chi connectivity index (χ1) is 10.3. The molecule has 3 nitrogen and oxygen atoms in total. The Balaban J connectivity index is 1.55. The number of likely N-dealkylation sites (N-methyl/N-ethyl adjacent to an activating group) is 1. The molecule has 112 valence electrons. The average Bonchev–Trinajstić information content (AvgIpc) is 3.15. The molecule has 1 aliphatic rings. The Hall–Kier alpha value is -1.36. The van der Waals surface area contributed by atoms with Crippen molar-refractivity contribution in [1.82, 2.24) is 4.90 Å². The van der Waals surface area contributed by atoms with E-state index in [-0.39, 0.29) is 12.3 Å². The van der Waals surface area contributed by atoms with Gasteiger partial charge in [-0.15, -0.1) is 11.3 Å². The number of thiophene rings is 1. The minimum atomic E-state index is 0.116. The van der Waals surface area contributed by atoms with E-state index in [1.165, 1.54) is 4.88 Å². The molecule has 1 aliphatic heterocycles. The van der Waals surface area contributed by atoms with Crippen LogP contribution in [0.2, 0.25) is 0 Å². The van der Waals surface area contributed by atoms with E-state index in [0.717, 1.165) is 25.3 Å². The number of ether oxygens (including phenoxy) is 2. The van der Waals surface area contributed by atoms with Gasteiger partial charge in [0.2, 0.25) is 0 Å². The molecule has 1 fully saturated rings. The lowest BCUT2D eigenvalue weighted by molar-refractivity contribution is 0.0462. The second kappa shape index (κ2) is 7.07. The second-order valence-electron chi connectivity index (χ2n) is 5.22. The van der Waals surface area contributed by atoms with Crippen LogP contribution in [0.1, 0.15) is 18.2 Å². The molecule has 1 saturated heterocycles. The highest BCUT2D eigenvalue weighted by Crippen LogP contribution is 2.24. The lowest BCUT2D eigenvalue weighted by atomic mass is 10.3. The summed E-state index contributed by atoms with van der Waals surface area (Å²) < 4.78 is 12.1. The van der Waals surface area contributed by atoms with E-state index in [2.05, 4.69) is 29.3 Å². The number of hydrogen-bond donors (Lipinski definition) is 0. The molecule has 0 spiro atoms. The standard InChI is InChI=1S/C17H21NO2S/c1-2-18-12-15(19-13-16-9-6-10-21-16)11-17(18)20-14-7-4-3-5-8-14/h3-10,15,17H,2,11-13H2,1H3. The molecule has 2 unspecified atom stereocenters. The molecule has 2 aromatic rings. The van der Waals surface area contributed by atoms with Crippen molar-refractivity contribution in [2.45, 2.75) is 32.3 Å². The van der Waals surface area contributed by atoms with Gasteiger partial charge in [-0.2, -0.15) is 0 Å². The van der Waals surface area contributed by atoms with Gasteiger partial charge >= 0.3 is 0 Å². The van der Waals surface area contributed by atoms with E-state index in [9.17, 15) is 0 Å². The monoisotopic (exact) mass is 303 g/mol. The summed E-state index contributed by atoms with van der Waals surface area (Å²) in [6.07, 6.45) is 1.29. The van der Waals surface area contributed by atoms with Crippen molar-refractivity contribution >= 4 is 11.3 Å². The average molecular weight is 303 g/mol. The molecule has 0 amide bonds. The maximum atomic E-state index is 6.09. The Labute approximate surface area is 130 Å². The summed E-state index contributed by atoms with van der Waals surface area (Å²) in [4.78, 5) is 3.62. The van der Waals surface area contributed by atoms with E-state index in [0.29, 0.717) is 6.61 Å². The van der Waals surface area contributed by atoms with Crippen LogP contribution in [0.25, 0.3) is 0 Å². The predicted molar refractivity (Wildman–Crippen MR) is 85.6 cm³/mol. The molecule has 21 heavy (non-hydrogen) atoms. The lowest BCUT2D eigenvalue weighted by Crippen LogP contribution is -2.33. The number of hydrogen-bond acceptors (Lipinski definition) is 4. The van der Waals surface area contributed by atoms with E-state index in [4.69, 9.17) is 9.47 Å². The van der Waals surface area contributed by atoms with Crippen LogP contribution >= 0.6 is 11.3 Å². The van der Waals surface area contributed by atoms with Gasteiger partial charge in [0.1, 0.15) is 5.75 Å². The van der Waals surface area contributed by atoms with E-state index in [1.54, 1.807) is 11.3 Å². The zero-order valence-electron chi connectivity index (χ0n) is 12.3. The van der Waals surface area contributed by atoms with Crippen LogP contribution < -0.4 is 4.74 Å². The van der Waals surface area contributed by atoms with Crippen LogP contribution in [0.15, 0.2) is 47.8 Å². The van der Waals surface area contributed by atoms with Crippen LogP contribution in [-0.4, -0.2) is 30.3 Å². The fourth-order valence-corrected chi connectivity index (χ4v) is 3.28. The van der Waals surface area contributed by atoms with Crippen molar-refractivity contribution in [2.75, 3.05) is 13.1 Å². The molecule has 2 atom stereocenters. The van der Waals surface area contributed by atoms with E-state index >= 15 is 0 Å². The molecule has 4 heteroatoms. The summed E-state index contributed by atoms with van der Waals surface area (Å²) in [5, 5.41) is 2.09. The van der Waals surface area contributed by atoms with Crippen LogP contribution in [0, 0.1) is 0 Å². The summed E-state index contributed by atoms with van der Waals surface area (Å²) in [7, 11) is 0. The first-order valence-electron chi connectivity index (χ1n) is 7.45. The zero-order valence-corrected chi connectivity index (χ0v) is 13.1. The van der Waals surface area contributed by atoms with Gasteiger partial charge in [0, 0.05) is 17.8 Å². The number of benzene rings is 1. The SMILES string of the molecule is CCN1CC(OCc2cccs2)CC1Oc1ccccc1. The number of para-hydroxylation sites is 1. The van der Waals surface area contributed by atoms with Crippen LogP contribution in [0.3, 0.4) is 0 Å². The fraction of sp³-hybridized carbons (Fsp3) is 0.412. The van der Waals surface area contributed by atoms with Gasteiger partial charge in [-0.1, -0.05) is 31.2 Å². The topological polar surface area (TPSA) is 21.7 Å². The highest BCUT2D eigenvalue weighted by atomic mass is 32.1. The maximum Gasteiger partial charge on any atom is 0.155 e. The van der Waals surface area contributed by atoms with Crippen molar-refractivity contribution < 1.29 is 9.47 Å². The smallest absolute Gasteiger partial charge is 0.155 e. The third-order valence-corrected chi connectivity index (χ3v) is 4.62. The largest absolute Gasteiger partial charge is 0.475 e. The van der Waals surface area contributed by atoms with Crippen molar-refractivity contribution in [1.29, 1.82) is 0 Å². The summed E-state index contributed by atoms with van der Waals surface area (Å²) in [6, 6.07) is 14.2. The van der Waals surface area contributed by atoms with Gasteiger partial charge in [-0.05, 0) is 30.1 Å². The van der Waals surface area contributed by atoms with E-state index in [1.807, 2.05) is 30.3 Å². The number of likely N-dealkylation sites (tertiary alicyclic amines) is 1. The first kappa shape index (κ1) is 14.6. The molecule has 0 N–H and O–H groups in total. The van der Waals surface area contributed by atoms with Crippen molar-refractivity contribution in [3.05, 3.63) is 52.7 Å². The molecule has 3 rings (SSSR count). The lowest BCUT2D eigenvalue weighted by Gasteiger charge is -2.23. The van der Waals surface area contributed by atoms with Gasteiger partial charge in [0.25, 0.3) is 0 Å². The molecule has 0 saturated carbocycles. The maximum absolute atomic E-state index is 6.09. The van der Waals surface area contributed by atoms with Gasteiger partial charge in [0.05, 0.1) is 12.7 Å². The number of rotatable bonds is 6. The van der Waals surface area contributed by atoms with Crippen LogP contribution in [-0.2, 0) is 11.3 Å². The summed E-state index contributed by atoms with van der Waals surface area (Å²) >= 11 is 1.75. The third kappa shape index (κ3) is 3.84. The molecular weight excluding hydrogens is 282 g/mol. The summed E-state index contributed by atoms with van der Waals surface area (Å²) in [5.74, 6) is 0.930.